The third-order valence-corrected chi connectivity index (χ3v) is 2.64. The van der Waals surface area contributed by atoms with Crippen molar-refractivity contribution in [3.63, 3.8) is 0 Å². The lowest BCUT2D eigenvalue weighted by Gasteiger charge is -2.28. The van der Waals surface area contributed by atoms with Crippen LogP contribution >= 0.6 is 0 Å². The lowest BCUT2D eigenvalue weighted by molar-refractivity contribution is 0.267. The fourth-order valence-corrected chi connectivity index (χ4v) is 1.69. The average molecular weight is 166 g/mol. The maximum Gasteiger partial charge on any atom is 0.0635 e. The van der Waals surface area contributed by atoms with Crippen molar-refractivity contribution in [3.05, 3.63) is 0 Å². The topological polar surface area (TPSA) is 35.8 Å². The van der Waals surface area contributed by atoms with Gasteiger partial charge in [-0.3, -0.25) is 0 Å². The quantitative estimate of drug-likeness (QED) is 0.635. The van der Waals surface area contributed by atoms with Crippen LogP contribution in [0.1, 0.15) is 39.0 Å². The van der Waals surface area contributed by atoms with E-state index in [9.17, 15) is 0 Å². The van der Waals surface area contributed by atoms with E-state index in [0.29, 0.717) is 12.5 Å². The van der Waals surface area contributed by atoms with E-state index in [4.69, 9.17) is 5.26 Å². The molecule has 1 rings (SSSR count). The molecule has 1 aliphatic rings. The van der Waals surface area contributed by atoms with E-state index in [0.717, 1.165) is 12.5 Å². The van der Waals surface area contributed by atoms with E-state index in [1.807, 2.05) is 0 Å². The predicted octanol–water partition coefficient (Wildman–Crippen LogP) is 2.07. The Bertz CT molecular complexity index is 156. The zero-order valence-electron chi connectivity index (χ0n) is 7.84. The van der Waals surface area contributed by atoms with Crippen LogP contribution in [0.15, 0.2) is 0 Å². The standard InChI is InChI=1S/C10H18N2/c1-9(12-7-3-6-11)8-10-4-2-5-10/h9-10,12H,2-5,7-8H2,1H3. The van der Waals surface area contributed by atoms with Gasteiger partial charge >= 0.3 is 0 Å². The normalized spacial score (nSPS) is 19.7. The van der Waals surface area contributed by atoms with Gasteiger partial charge in [-0.15, -0.1) is 0 Å². The Morgan fingerprint density at radius 2 is 2.33 bits per heavy atom. The Kier molecular flexibility index (Phi) is 4.10. The van der Waals surface area contributed by atoms with E-state index >= 15 is 0 Å². The number of hydrogen-bond donors (Lipinski definition) is 1. The average Bonchev–Trinajstić information content (AvgIpc) is 1.98. The molecule has 1 fully saturated rings. The highest BCUT2D eigenvalue weighted by molar-refractivity contribution is 4.76. The second-order valence-corrected chi connectivity index (χ2v) is 3.80. The van der Waals surface area contributed by atoms with Crippen LogP contribution < -0.4 is 5.32 Å². The van der Waals surface area contributed by atoms with Gasteiger partial charge in [-0.2, -0.15) is 5.26 Å². The molecule has 0 spiro atoms. The van der Waals surface area contributed by atoms with Crippen molar-refractivity contribution < 1.29 is 0 Å². The predicted molar refractivity (Wildman–Crippen MR) is 49.7 cm³/mol. The third kappa shape index (κ3) is 3.23. The van der Waals surface area contributed by atoms with Gasteiger partial charge in [-0.25, -0.2) is 0 Å². The van der Waals surface area contributed by atoms with Crippen molar-refractivity contribution in [2.45, 2.75) is 45.1 Å². The van der Waals surface area contributed by atoms with Crippen LogP contribution in [0.4, 0.5) is 0 Å². The third-order valence-electron chi connectivity index (χ3n) is 2.64. The number of rotatable bonds is 5. The highest BCUT2D eigenvalue weighted by atomic mass is 14.9. The van der Waals surface area contributed by atoms with Crippen LogP contribution in [0.5, 0.6) is 0 Å². The van der Waals surface area contributed by atoms with Crippen LogP contribution in [0.3, 0.4) is 0 Å². The largest absolute Gasteiger partial charge is 0.313 e. The van der Waals surface area contributed by atoms with E-state index in [1.54, 1.807) is 0 Å². The molecule has 0 aromatic heterocycles. The summed E-state index contributed by atoms with van der Waals surface area (Å²) in [5.74, 6) is 0.967. The van der Waals surface area contributed by atoms with Gasteiger partial charge in [-0.05, 0) is 19.3 Å². The highest BCUT2D eigenvalue weighted by Crippen LogP contribution is 2.30. The zero-order valence-corrected chi connectivity index (χ0v) is 7.84. The van der Waals surface area contributed by atoms with Crippen molar-refractivity contribution in [2.24, 2.45) is 5.92 Å². The first-order valence-corrected chi connectivity index (χ1v) is 4.93. The molecule has 0 radical (unpaired) electrons. The molecule has 1 saturated carbocycles. The molecular formula is C10H18N2. The summed E-state index contributed by atoms with van der Waals surface area (Å²) in [6.45, 7) is 3.07. The maximum absolute atomic E-state index is 8.33. The van der Waals surface area contributed by atoms with Gasteiger partial charge in [0.15, 0.2) is 0 Å². The minimum Gasteiger partial charge on any atom is -0.313 e. The molecule has 12 heavy (non-hydrogen) atoms. The summed E-state index contributed by atoms with van der Waals surface area (Å²) in [6.07, 6.45) is 6.20. The summed E-state index contributed by atoms with van der Waals surface area (Å²) in [5, 5.41) is 11.7. The van der Waals surface area contributed by atoms with Gasteiger partial charge in [0.1, 0.15) is 0 Å². The van der Waals surface area contributed by atoms with E-state index in [1.165, 1.54) is 25.7 Å². The van der Waals surface area contributed by atoms with Gasteiger partial charge in [-0.1, -0.05) is 19.3 Å². The lowest BCUT2D eigenvalue weighted by atomic mass is 9.81. The highest BCUT2D eigenvalue weighted by Gasteiger charge is 2.19. The van der Waals surface area contributed by atoms with Crippen LogP contribution in [-0.2, 0) is 0 Å². The van der Waals surface area contributed by atoms with Crippen molar-refractivity contribution in [2.75, 3.05) is 6.54 Å². The van der Waals surface area contributed by atoms with Crippen LogP contribution in [-0.4, -0.2) is 12.6 Å². The van der Waals surface area contributed by atoms with Crippen molar-refractivity contribution >= 4 is 0 Å². The fourth-order valence-electron chi connectivity index (χ4n) is 1.69. The summed E-state index contributed by atoms with van der Waals surface area (Å²) < 4.78 is 0. The molecule has 1 N–H and O–H groups in total. The Hall–Kier alpha value is -0.550. The molecular weight excluding hydrogens is 148 g/mol. The first-order chi connectivity index (χ1) is 5.83. The van der Waals surface area contributed by atoms with E-state index in [2.05, 4.69) is 18.3 Å². The molecule has 1 unspecified atom stereocenters. The van der Waals surface area contributed by atoms with Crippen molar-refractivity contribution in [1.29, 1.82) is 5.26 Å². The van der Waals surface area contributed by atoms with Gasteiger partial charge in [0.25, 0.3) is 0 Å². The van der Waals surface area contributed by atoms with Crippen molar-refractivity contribution in [3.8, 4) is 6.07 Å². The molecule has 1 atom stereocenters. The summed E-state index contributed by atoms with van der Waals surface area (Å²) in [7, 11) is 0. The maximum atomic E-state index is 8.33. The molecule has 2 nitrogen and oxygen atoms in total. The summed E-state index contributed by atoms with van der Waals surface area (Å²) >= 11 is 0. The second kappa shape index (κ2) is 5.16. The number of nitrogens with zero attached hydrogens (tertiary/aromatic N) is 1. The fraction of sp³-hybridized carbons (Fsp3) is 0.900. The zero-order chi connectivity index (χ0) is 8.81. The summed E-state index contributed by atoms with van der Waals surface area (Å²) in [4.78, 5) is 0. The lowest BCUT2D eigenvalue weighted by Crippen LogP contribution is -2.30. The molecule has 0 aliphatic heterocycles. The molecule has 0 heterocycles. The molecule has 0 amide bonds. The van der Waals surface area contributed by atoms with E-state index in [-0.39, 0.29) is 0 Å². The van der Waals surface area contributed by atoms with Gasteiger partial charge in [0.05, 0.1) is 6.07 Å². The van der Waals surface area contributed by atoms with Crippen molar-refractivity contribution in [1.82, 2.24) is 5.32 Å². The summed E-state index contributed by atoms with van der Waals surface area (Å²) in [6, 6.07) is 2.74. The molecule has 0 bridgehead atoms. The molecule has 2 heteroatoms. The molecule has 0 saturated heterocycles. The Labute approximate surface area is 75.0 Å². The van der Waals surface area contributed by atoms with Crippen LogP contribution in [0, 0.1) is 17.2 Å². The molecule has 0 aromatic rings. The van der Waals surface area contributed by atoms with Gasteiger partial charge < -0.3 is 5.32 Å². The minimum absolute atomic E-state index is 0.601. The Morgan fingerprint density at radius 3 is 2.83 bits per heavy atom. The summed E-state index contributed by atoms with van der Waals surface area (Å²) in [5.41, 5.74) is 0. The first-order valence-electron chi connectivity index (χ1n) is 4.93. The minimum atomic E-state index is 0.601. The molecule has 1 aliphatic carbocycles. The molecule has 68 valence electrons. The van der Waals surface area contributed by atoms with Gasteiger partial charge in [0.2, 0.25) is 0 Å². The second-order valence-electron chi connectivity index (χ2n) is 3.80. The SMILES string of the molecule is CC(CC1CCC1)NCCC#N. The van der Waals surface area contributed by atoms with Crippen LogP contribution in [0.25, 0.3) is 0 Å². The van der Waals surface area contributed by atoms with Gasteiger partial charge in [0, 0.05) is 19.0 Å². The number of nitriles is 1. The Balaban J connectivity index is 1.96. The van der Waals surface area contributed by atoms with E-state index < -0.39 is 0 Å². The number of hydrogen-bond acceptors (Lipinski definition) is 2. The first kappa shape index (κ1) is 9.54. The van der Waals surface area contributed by atoms with Crippen LogP contribution in [0.2, 0.25) is 0 Å². The Morgan fingerprint density at radius 1 is 1.58 bits per heavy atom. The monoisotopic (exact) mass is 166 g/mol. The number of nitrogens with one attached hydrogen (secondary N) is 1. The molecule has 0 aromatic carbocycles. The smallest absolute Gasteiger partial charge is 0.0635 e.